The summed E-state index contributed by atoms with van der Waals surface area (Å²) in [5, 5.41) is 12.3. The first-order valence-electron chi connectivity index (χ1n) is 18.7. The highest BCUT2D eigenvalue weighted by Crippen LogP contribution is 2.34. The number of benzene rings is 2. The molecule has 0 bridgehead atoms. The third-order valence-corrected chi connectivity index (χ3v) is 10.4. The van der Waals surface area contributed by atoms with Crippen LogP contribution in [0.15, 0.2) is 48.6 Å². The van der Waals surface area contributed by atoms with Crippen molar-refractivity contribution in [1.82, 2.24) is 20.5 Å². The molecule has 4 amide bonds. The number of halogens is 1. The van der Waals surface area contributed by atoms with Gasteiger partial charge in [-0.1, -0.05) is 56.5 Å². The molecule has 1 saturated carbocycles. The fraction of sp³-hybridized carbons (Fsp3) is 0.525. The molecular formula is C40H52ClN5O5. The number of nitrogens with one attached hydrogen (secondary N) is 3. The van der Waals surface area contributed by atoms with Gasteiger partial charge in [-0.2, -0.15) is 0 Å². The number of ether oxygens (including phenoxy) is 1. The van der Waals surface area contributed by atoms with Crippen LogP contribution in [0.2, 0.25) is 5.02 Å². The highest BCUT2D eigenvalue weighted by molar-refractivity contribution is 6.31. The summed E-state index contributed by atoms with van der Waals surface area (Å²) < 4.78 is 5.47. The maximum Gasteiger partial charge on any atom is 0.253 e. The van der Waals surface area contributed by atoms with Crippen LogP contribution in [0, 0.1) is 11.8 Å². The van der Waals surface area contributed by atoms with Crippen LogP contribution in [-0.4, -0.2) is 66.8 Å². The van der Waals surface area contributed by atoms with Gasteiger partial charge >= 0.3 is 0 Å². The number of anilines is 1. The molecule has 0 atom stereocenters. The average Bonchev–Trinajstić information content (AvgIpc) is 3.45. The van der Waals surface area contributed by atoms with E-state index in [9.17, 15) is 19.2 Å². The van der Waals surface area contributed by atoms with Gasteiger partial charge in [0.15, 0.2) is 0 Å². The Morgan fingerprint density at radius 2 is 1.45 bits per heavy atom. The van der Waals surface area contributed by atoms with Gasteiger partial charge in [-0.05, 0) is 80.8 Å². The topological polar surface area (TPSA) is 130 Å². The molecule has 11 heteroatoms. The lowest BCUT2D eigenvalue weighted by Gasteiger charge is -2.30. The molecule has 5 rings (SSSR count). The number of nitrogens with zero attached hydrogens (tertiary/aromatic N) is 2. The van der Waals surface area contributed by atoms with Gasteiger partial charge < -0.3 is 20.7 Å². The van der Waals surface area contributed by atoms with Gasteiger partial charge in [-0.3, -0.25) is 24.1 Å². The van der Waals surface area contributed by atoms with Crippen molar-refractivity contribution in [3.63, 3.8) is 0 Å². The van der Waals surface area contributed by atoms with Crippen LogP contribution in [-0.2, 0) is 19.2 Å². The lowest BCUT2D eigenvalue weighted by molar-refractivity contribution is -0.138. The van der Waals surface area contributed by atoms with Crippen LogP contribution < -0.4 is 20.7 Å². The molecule has 1 aromatic heterocycles. The molecule has 2 aliphatic rings. The number of amides is 4. The van der Waals surface area contributed by atoms with Gasteiger partial charge in [0.05, 0.1) is 23.8 Å². The molecule has 0 spiro atoms. The van der Waals surface area contributed by atoms with Gasteiger partial charge in [-0.15, -0.1) is 0 Å². The molecule has 0 unspecified atom stereocenters. The molecule has 51 heavy (non-hydrogen) atoms. The van der Waals surface area contributed by atoms with E-state index in [1.807, 2.05) is 36.4 Å². The number of methoxy groups -OCH3 is 1. The number of carbonyl (C=O) groups is 4. The third-order valence-electron chi connectivity index (χ3n) is 10.1. The molecule has 3 N–H and O–H groups in total. The minimum atomic E-state index is -0.246. The Labute approximate surface area is 306 Å². The molecule has 1 aliphatic carbocycles. The van der Waals surface area contributed by atoms with E-state index in [1.165, 1.54) is 49.2 Å². The first-order chi connectivity index (χ1) is 24.8. The summed E-state index contributed by atoms with van der Waals surface area (Å²) in [4.78, 5) is 54.5. The summed E-state index contributed by atoms with van der Waals surface area (Å²) in [5.74, 6) is 0.567. The molecule has 1 aliphatic heterocycles. The zero-order valence-electron chi connectivity index (χ0n) is 29.8. The number of imide groups is 1. The molecule has 10 nitrogen and oxygen atoms in total. The number of hydrogen-bond acceptors (Lipinski definition) is 7. The minimum absolute atomic E-state index is 0.0225. The third kappa shape index (κ3) is 11.2. The monoisotopic (exact) mass is 717 g/mol. The van der Waals surface area contributed by atoms with Gasteiger partial charge in [0.25, 0.3) is 11.8 Å². The maximum atomic E-state index is 12.6. The predicted molar refractivity (Wildman–Crippen MR) is 203 cm³/mol. The van der Waals surface area contributed by atoms with Gasteiger partial charge in [0.1, 0.15) is 5.75 Å². The van der Waals surface area contributed by atoms with E-state index >= 15 is 0 Å². The molecular weight excluding hydrogens is 666 g/mol. The first-order valence-corrected chi connectivity index (χ1v) is 19.1. The Kier molecular flexibility index (Phi) is 14.5. The Bertz CT molecular complexity index is 1690. The molecule has 1 fully saturated rings. The van der Waals surface area contributed by atoms with Crippen molar-refractivity contribution in [2.45, 2.75) is 89.9 Å². The Morgan fingerprint density at radius 3 is 2.16 bits per heavy atom. The number of aromatic nitrogens is 1. The summed E-state index contributed by atoms with van der Waals surface area (Å²) >= 11 is 6.26. The van der Waals surface area contributed by atoms with Crippen molar-refractivity contribution in [3.05, 3.63) is 53.6 Å². The molecule has 274 valence electrons. The maximum absolute atomic E-state index is 12.6. The summed E-state index contributed by atoms with van der Waals surface area (Å²) in [5.41, 5.74) is 2.86. The lowest BCUT2D eigenvalue weighted by Crippen LogP contribution is -2.40. The van der Waals surface area contributed by atoms with Crippen molar-refractivity contribution < 1.29 is 23.9 Å². The van der Waals surface area contributed by atoms with Crippen LogP contribution in [0.5, 0.6) is 5.75 Å². The van der Waals surface area contributed by atoms with Crippen molar-refractivity contribution >= 4 is 62.7 Å². The number of rotatable bonds is 20. The van der Waals surface area contributed by atoms with E-state index in [-0.39, 0.29) is 35.5 Å². The number of unbranched alkanes of at least 4 members (excludes halogenated alkanes) is 8. The van der Waals surface area contributed by atoms with Gasteiger partial charge in [-0.25, -0.2) is 4.98 Å². The van der Waals surface area contributed by atoms with Crippen LogP contribution in [0.1, 0.15) is 89.9 Å². The smallest absolute Gasteiger partial charge is 0.253 e. The molecule has 0 radical (unpaired) electrons. The normalized spacial score (nSPS) is 17.3. The first kappa shape index (κ1) is 38.1. The standard InChI is InChI=1S/C40H52ClN5O5/c1-51-31-17-19-34-33(26-31)39(32-18-16-30(41)25-35(32)45-34)43-22-10-8-6-4-2-3-5-7-9-11-36(47)42-23-24-44-40(50)29-14-12-28(13-15-29)27-46-37(48)20-21-38(46)49/h16-21,25-26,28-29H,2-15,22-24,27H2,1H3,(H,42,47)(H,43,45)(H,44,50). The van der Waals surface area contributed by atoms with E-state index < -0.39 is 0 Å². The second-order valence-electron chi connectivity index (χ2n) is 13.9. The molecule has 2 heterocycles. The van der Waals surface area contributed by atoms with Crippen molar-refractivity contribution in [2.24, 2.45) is 11.8 Å². The highest BCUT2D eigenvalue weighted by atomic mass is 35.5. The van der Waals surface area contributed by atoms with Crippen LogP contribution >= 0.6 is 11.6 Å². The number of carbonyl (C=O) groups excluding carboxylic acids is 4. The summed E-state index contributed by atoms with van der Waals surface area (Å²) in [6.45, 7) is 2.17. The van der Waals surface area contributed by atoms with E-state index in [4.69, 9.17) is 21.3 Å². The van der Waals surface area contributed by atoms with Crippen LogP contribution in [0.3, 0.4) is 0 Å². The highest BCUT2D eigenvalue weighted by Gasteiger charge is 2.31. The zero-order valence-corrected chi connectivity index (χ0v) is 30.6. The van der Waals surface area contributed by atoms with Crippen molar-refractivity contribution in [1.29, 1.82) is 0 Å². The zero-order chi connectivity index (χ0) is 36.0. The summed E-state index contributed by atoms with van der Waals surface area (Å²) in [6, 6.07) is 11.8. The Hall–Kier alpha value is -4.18. The second kappa shape index (κ2) is 19.4. The lowest BCUT2D eigenvalue weighted by atomic mass is 9.81. The Morgan fingerprint density at radius 1 is 0.784 bits per heavy atom. The van der Waals surface area contributed by atoms with Crippen molar-refractivity contribution in [2.75, 3.05) is 38.6 Å². The number of fused-ring (bicyclic) bond motifs is 2. The molecule has 0 saturated heterocycles. The van der Waals surface area contributed by atoms with Gasteiger partial charge in [0, 0.05) is 66.5 Å². The van der Waals surface area contributed by atoms with Crippen LogP contribution in [0.4, 0.5) is 5.69 Å². The van der Waals surface area contributed by atoms with E-state index in [1.54, 1.807) is 7.11 Å². The van der Waals surface area contributed by atoms with E-state index in [0.29, 0.717) is 31.1 Å². The predicted octanol–water partition coefficient (Wildman–Crippen LogP) is 7.33. The van der Waals surface area contributed by atoms with Gasteiger partial charge in [0.2, 0.25) is 11.8 Å². The van der Waals surface area contributed by atoms with E-state index in [2.05, 4.69) is 16.0 Å². The summed E-state index contributed by atoms with van der Waals surface area (Å²) in [7, 11) is 1.68. The SMILES string of the molecule is COc1ccc2nc3cc(Cl)ccc3c(NCCCCCCCCCCCC(=O)NCCNC(=O)C3CCC(CN4C(=O)C=CC4=O)CC3)c2c1. The summed E-state index contributed by atoms with van der Waals surface area (Å²) in [6.07, 6.45) is 16.5. The average molecular weight is 718 g/mol. The number of pyridine rings is 1. The number of hydrogen-bond donors (Lipinski definition) is 3. The fourth-order valence-electron chi connectivity index (χ4n) is 7.17. The Balaban J connectivity index is 0.848. The second-order valence-corrected chi connectivity index (χ2v) is 14.3. The van der Waals surface area contributed by atoms with Crippen molar-refractivity contribution in [3.8, 4) is 5.75 Å². The molecule has 2 aromatic carbocycles. The minimum Gasteiger partial charge on any atom is -0.497 e. The van der Waals surface area contributed by atoms with Crippen LogP contribution in [0.25, 0.3) is 21.8 Å². The fourth-order valence-corrected chi connectivity index (χ4v) is 7.34. The molecule has 3 aromatic rings. The van der Waals surface area contributed by atoms with E-state index in [0.717, 1.165) is 91.2 Å². The largest absolute Gasteiger partial charge is 0.497 e. The quantitative estimate of drug-likeness (QED) is 0.0634.